The smallest absolute Gasteiger partial charge is 0.351 e. The van der Waals surface area contributed by atoms with E-state index in [-0.39, 0.29) is 10.9 Å². The molecule has 11 heteroatoms. The van der Waals surface area contributed by atoms with Crippen LogP contribution in [0.25, 0.3) is 0 Å². The van der Waals surface area contributed by atoms with E-state index >= 15 is 0 Å². The molecular weight excluding hydrogens is 275 g/mol. The number of thioether (sulfide) groups is 1. The first kappa shape index (κ1) is 14.3. The van der Waals surface area contributed by atoms with Crippen molar-refractivity contribution in [3.8, 4) is 0 Å². The first-order chi connectivity index (χ1) is 8.21. The Bertz CT molecular complexity index is 472. The summed E-state index contributed by atoms with van der Waals surface area (Å²) in [6.45, 7) is 0. The van der Waals surface area contributed by atoms with Gasteiger partial charge in [0, 0.05) is 7.05 Å². The van der Waals surface area contributed by atoms with Crippen LogP contribution in [0.2, 0.25) is 0 Å². The second-order valence-corrected chi connectivity index (χ2v) is 4.01. The topological polar surface area (TPSA) is 103 Å². The molecule has 0 aliphatic heterocycles. The van der Waals surface area contributed by atoms with E-state index < -0.39 is 23.9 Å². The summed E-state index contributed by atoms with van der Waals surface area (Å²) < 4.78 is 37.8. The number of rotatable bonds is 3. The molecule has 1 aromatic heterocycles. The summed E-state index contributed by atoms with van der Waals surface area (Å²) in [5.41, 5.74) is 4.69. The summed E-state index contributed by atoms with van der Waals surface area (Å²) in [6.07, 6.45) is -4.62. The van der Waals surface area contributed by atoms with Crippen molar-refractivity contribution in [2.45, 2.75) is 11.3 Å². The van der Waals surface area contributed by atoms with Crippen LogP contribution < -0.4 is 11.1 Å². The normalized spacial score (nSPS) is 11.3. The number of nitrogens with one attached hydrogen (secondary N) is 1. The molecule has 0 spiro atoms. The number of halogens is 3. The molecule has 100 valence electrons. The third-order valence-corrected chi connectivity index (χ3v) is 2.70. The van der Waals surface area contributed by atoms with E-state index in [2.05, 4.69) is 10.2 Å². The Kier molecular flexibility index (Phi) is 4.16. The van der Waals surface area contributed by atoms with Crippen LogP contribution in [0.5, 0.6) is 0 Å². The van der Waals surface area contributed by atoms with E-state index in [1.54, 1.807) is 5.32 Å². The van der Waals surface area contributed by atoms with Gasteiger partial charge >= 0.3 is 12.2 Å². The van der Waals surface area contributed by atoms with Crippen molar-refractivity contribution in [3.05, 3.63) is 5.82 Å². The van der Waals surface area contributed by atoms with Crippen molar-refractivity contribution < 1.29 is 22.8 Å². The Hall–Kier alpha value is -1.78. The first-order valence-corrected chi connectivity index (χ1v) is 5.39. The third kappa shape index (κ3) is 3.61. The molecule has 0 aromatic carbocycles. The SMILES string of the molecule is Cn1c(SCC(=O)NC(N)=O)nnc1C(F)(F)F. The highest BCUT2D eigenvalue weighted by atomic mass is 32.2. The Morgan fingerprint density at radius 3 is 2.50 bits per heavy atom. The highest BCUT2D eigenvalue weighted by Crippen LogP contribution is 2.29. The Labute approximate surface area is 103 Å². The van der Waals surface area contributed by atoms with Gasteiger partial charge < -0.3 is 10.3 Å². The van der Waals surface area contributed by atoms with Crippen molar-refractivity contribution in [1.29, 1.82) is 0 Å². The van der Waals surface area contributed by atoms with Gasteiger partial charge in [0.2, 0.25) is 11.7 Å². The van der Waals surface area contributed by atoms with Crippen LogP contribution in [0.1, 0.15) is 5.82 Å². The first-order valence-electron chi connectivity index (χ1n) is 4.40. The molecule has 1 rings (SSSR count). The maximum absolute atomic E-state index is 12.4. The number of hydrogen-bond acceptors (Lipinski definition) is 5. The van der Waals surface area contributed by atoms with Gasteiger partial charge in [-0.1, -0.05) is 11.8 Å². The number of alkyl halides is 3. The summed E-state index contributed by atoms with van der Waals surface area (Å²) in [7, 11) is 1.12. The number of nitrogens with two attached hydrogens (primary N) is 1. The maximum atomic E-state index is 12.4. The number of hydrogen-bond donors (Lipinski definition) is 2. The van der Waals surface area contributed by atoms with Crippen LogP contribution in [0.3, 0.4) is 0 Å². The second-order valence-electron chi connectivity index (χ2n) is 3.06. The lowest BCUT2D eigenvalue weighted by Crippen LogP contribution is -2.36. The van der Waals surface area contributed by atoms with E-state index in [0.717, 1.165) is 7.05 Å². The van der Waals surface area contributed by atoms with Gasteiger partial charge in [-0.25, -0.2) is 4.79 Å². The second kappa shape index (κ2) is 5.25. The number of nitrogens with zero attached hydrogens (tertiary/aromatic N) is 3. The third-order valence-electron chi connectivity index (χ3n) is 1.68. The summed E-state index contributed by atoms with van der Waals surface area (Å²) in [6, 6.07) is -1.03. The molecule has 0 saturated heterocycles. The monoisotopic (exact) mass is 283 g/mol. The number of primary amides is 1. The van der Waals surface area contributed by atoms with Gasteiger partial charge in [-0.15, -0.1) is 10.2 Å². The molecule has 0 saturated carbocycles. The van der Waals surface area contributed by atoms with E-state index in [4.69, 9.17) is 5.73 Å². The lowest BCUT2D eigenvalue weighted by molar-refractivity contribution is -0.147. The van der Waals surface area contributed by atoms with E-state index in [9.17, 15) is 22.8 Å². The van der Waals surface area contributed by atoms with E-state index in [0.29, 0.717) is 16.3 Å². The minimum absolute atomic E-state index is 0.0954. The zero-order valence-electron chi connectivity index (χ0n) is 8.98. The largest absolute Gasteiger partial charge is 0.451 e. The Morgan fingerprint density at radius 2 is 2.06 bits per heavy atom. The minimum atomic E-state index is -4.62. The average Bonchev–Trinajstić information content (AvgIpc) is 2.55. The highest BCUT2D eigenvalue weighted by Gasteiger charge is 2.37. The molecule has 0 fully saturated rings. The molecular formula is C7H8F3N5O2S. The lowest BCUT2D eigenvalue weighted by Gasteiger charge is -2.05. The fourth-order valence-electron chi connectivity index (χ4n) is 0.991. The van der Waals surface area contributed by atoms with Gasteiger partial charge in [0.05, 0.1) is 5.75 Å². The number of aromatic nitrogens is 3. The van der Waals surface area contributed by atoms with Crippen LogP contribution >= 0.6 is 11.8 Å². The standard InChI is InChI=1S/C7H8F3N5O2S/c1-15-4(7(8,9)10)13-14-6(15)18-2-3(16)12-5(11)17/h2H2,1H3,(H3,11,12,16,17). The summed E-state index contributed by atoms with van der Waals surface area (Å²) in [4.78, 5) is 21.4. The maximum Gasteiger partial charge on any atom is 0.451 e. The van der Waals surface area contributed by atoms with Gasteiger partial charge in [0.15, 0.2) is 5.16 Å². The predicted octanol–water partition coefficient (Wildman–Crippen LogP) is 0.121. The van der Waals surface area contributed by atoms with Crippen molar-refractivity contribution >= 4 is 23.7 Å². The molecule has 0 radical (unpaired) electrons. The zero-order valence-corrected chi connectivity index (χ0v) is 9.80. The van der Waals surface area contributed by atoms with E-state index in [1.165, 1.54) is 0 Å². The van der Waals surface area contributed by atoms with E-state index in [1.807, 2.05) is 0 Å². The minimum Gasteiger partial charge on any atom is -0.351 e. The van der Waals surface area contributed by atoms with Crippen LogP contribution in [0.4, 0.5) is 18.0 Å². The molecule has 0 aliphatic carbocycles. The fraction of sp³-hybridized carbons (Fsp3) is 0.429. The molecule has 1 heterocycles. The molecule has 3 amide bonds. The van der Waals surface area contributed by atoms with Crippen molar-refractivity contribution in [2.75, 3.05) is 5.75 Å². The van der Waals surface area contributed by atoms with Crippen molar-refractivity contribution in [3.63, 3.8) is 0 Å². The van der Waals surface area contributed by atoms with Crippen molar-refractivity contribution in [1.82, 2.24) is 20.1 Å². The highest BCUT2D eigenvalue weighted by molar-refractivity contribution is 7.99. The summed E-state index contributed by atoms with van der Waals surface area (Å²) in [5.74, 6) is -2.20. The van der Waals surface area contributed by atoms with Crippen molar-refractivity contribution in [2.24, 2.45) is 12.8 Å². The number of amides is 3. The molecule has 0 atom stereocenters. The molecule has 0 bridgehead atoms. The van der Waals surface area contributed by atoms with Gasteiger partial charge in [0.25, 0.3) is 0 Å². The molecule has 1 aromatic rings. The van der Waals surface area contributed by atoms with Gasteiger partial charge in [-0.05, 0) is 0 Å². The van der Waals surface area contributed by atoms with Crippen LogP contribution in [-0.2, 0) is 18.0 Å². The fourth-order valence-corrected chi connectivity index (χ4v) is 1.70. The zero-order chi connectivity index (χ0) is 13.9. The quantitative estimate of drug-likeness (QED) is 0.767. The Balaban J connectivity index is 2.67. The Morgan fingerprint density at radius 1 is 1.44 bits per heavy atom. The van der Waals surface area contributed by atoms with Gasteiger partial charge in [0.1, 0.15) is 0 Å². The predicted molar refractivity (Wildman–Crippen MR) is 54.5 cm³/mol. The van der Waals surface area contributed by atoms with Gasteiger partial charge in [-0.3, -0.25) is 10.1 Å². The number of carbonyl (C=O) groups excluding carboxylic acids is 2. The summed E-state index contributed by atoms with van der Waals surface area (Å²) >= 11 is 0.704. The lowest BCUT2D eigenvalue weighted by atomic mass is 10.6. The van der Waals surface area contributed by atoms with Gasteiger partial charge in [-0.2, -0.15) is 13.2 Å². The number of imide groups is 1. The molecule has 7 nitrogen and oxygen atoms in total. The summed E-state index contributed by atoms with van der Waals surface area (Å²) in [5, 5.41) is 7.94. The van der Waals surface area contributed by atoms with Crippen LogP contribution in [0.15, 0.2) is 5.16 Å². The molecule has 0 unspecified atom stereocenters. The number of urea groups is 1. The molecule has 0 aliphatic rings. The molecule has 18 heavy (non-hydrogen) atoms. The molecule has 3 N–H and O–H groups in total. The average molecular weight is 283 g/mol. The number of carbonyl (C=O) groups is 2. The van der Waals surface area contributed by atoms with Crippen LogP contribution in [-0.4, -0.2) is 32.5 Å². The van der Waals surface area contributed by atoms with Crippen LogP contribution in [0, 0.1) is 0 Å².